The van der Waals surface area contributed by atoms with Crippen LogP contribution in [0.15, 0.2) is 73.1 Å². The number of nitrogens with one attached hydrogen (secondary N) is 1. The number of benzene rings is 2. The van der Waals surface area contributed by atoms with E-state index in [1.807, 2.05) is 30.3 Å². The number of carbonyl (C=O) groups excluding carboxylic acids is 1. The first-order chi connectivity index (χ1) is 14.3. The van der Waals surface area contributed by atoms with Gasteiger partial charge in [-0.25, -0.2) is 9.97 Å². The minimum atomic E-state index is 0.00879. The molecule has 1 atom stereocenters. The van der Waals surface area contributed by atoms with Gasteiger partial charge < -0.3 is 10.2 Å². The first kappa shape index (κ1) is 19.1. The first-order valence-electron chi connectivity index (χ1n) is 10.2. The average molecular weight is 386 g/mol. The highest BCUT2D eigenvalue weighted by molar-refractivity contribution is 5.95. The molecule has 0 saturated carbocycles. The molecule has 3 aromatic rings. The Morgan fingerprint density at radius 2 is 1.72 bits per heavy atom. The number of hydrogen-bond donors (Lipinski definition) is 1. The summed E-state index contributed by atoms with van der Waals surface area (Å²) < 4.78 is 0. The molecule has 1 aliphatic rings. The molecule has 1 aromatic heterocycles. The Hall–Kier alpha value is -3.21. The Morgan fingerprint density at radius 3 is 2.55 bits per heavy atom. The van der Waals surface area contributed by atoms with Crippen molar-refractivity contribution in [2.75, 3.05) is 18.0 Å². The van der Waals surface area contributed by atoms with E-state index in [-0.39, 0.29) is 11.9 Å². The molecule has 0 bridgehead atoms. The van der Waals surface area contributed by atoms with E-state index < -0.39 is 0 Å². The van der Waals surface area contributed by atoms with Gasteiger partial charge in [-0.2, -0.15) is 0 Å². The third kappa shape index (κ3) is 4.99. The zero-order chi connectivity index (χ0) is 19.9. The molecule has 4 rings (SSSR count). The summed E-state index contributed by atoms with van der Waals surface area (Å²) in [7, 11) is 0. The summed E-state index contributed by atoms with van der Waals surface area (Å²) in [5.41, 5.74) is 3.15. The standard InChI is InChI=1S/C24H26N4O/c29-23(27-21-11-6-17-28(18-21)24-25-15-7-16-26-24)22-12-5-4-10-20(22)14-13-19-8-2-1-3-9-19/h1-5,7-10,12,15-16,21H,6,11,13-14,17-18H2,(H,27,29). The van der Waals surface area contributed by atoms with Crippen LogP contribution in [0.1, 0.15) is 34.3 Å². The minimum Gasteiger partial charge on any atom is -0.348 e. The van der Waals surface area contributed by atoms with Gasteiger partial charge in [0.1, 0.15) is 0 Å². The molecule has 2 aromatic carbocycles. The van der Waals surface area contributed by atoms with Gasteiger partial charge in [-0.1, -0.05) is 48.5 Å². The van der Waals surface area contributed by atoms with Crippen molar-refractivity contribution in [3.8, 4) is 0 Å². The molecule has 5 heteroatoms. The lowest BCUT2D eigenvalue weighted by atomic mass is 9.98. The van der Waals surface area contributed by atoms with Crippen molar-refractivity contribution in [2.45, 2.75) is 31.7 Å². The summed E-state index contributed by atoms with van der Waals surface area (Å²) in [5.74, 6) is 0.740. The lowest BCUT2D eigenvalue weighted by Crippen LogP contribution is -2.48. The van der Waals surface area contributed by atoms with Crippen molar-refractivity contribution in [3.05, 3.63) is 89.7 Å². The number of aromatic nitrogens is 2. The molecular formula is C24H26N4O. The number of amides is 1. The second kappa shape index (κ2) is 9.32. The van der Waals surface area contributed by atoms with Crippen LogP contribution in [0.5, 0.6) is 0 Å². The highest BCUT2D eigenvalue weighted by Crippen LogP contribution is 2.17. The van der Waals surface area contributed by atoms with E-state index in [0.717, 1.165) is 55.8 Å². The first-order valence-corrected chi connectivity index (χ1v) is 10.2. The van der Waals surface area contributed by atoms with Crippen LogP contribution in [0.3, 0.4) is 0 Å². The lowest BCUT2D eigenvalue weighted by Gasteiger charge is -2.33. The Kier molecular flexibility index (Phi) is 6.15. The van der Waals surface area contributed by atoms with Crippen molar-refractivity contribution in [1.82, 2.24) is 15.3 Å². The van der Waals surface area contributed by atoms with Crippen molar-refractivity contribution in [2.24, 2.45) is 0 Å². The molecular weight excluding hydrogens is 360 g/mol. The SMILES string of the molecule is O=C(NC1CCCN(c2ncccn2)C1)c1ccccc1CCc1ccccc1. The van der Waals surface area contributed by atoms with Gasteiger partial charge in [0.2, 0.25) is 5.95 Å². The third-order valence-electron chi connectivity index (χ3n) is 5.38. The second-order valence-electron chi connectivity index (χ2n) is 7.45. The Balaban J connectivity index is 1.40. The van der Waals surface area contributed by atoms with E-state index in [2.05, 4.69) is 50.5 Å². The Morgan fingerprint density at radius 1 is 0.966 bits per heavy atom. The van der Waals surface area contributed by atoms with Gasteiger partial charge in [-0.3, -0.25) is 4.79 Å². The number of aryl methyl sites for hydroxylation is 2. The third-order valence-corrected chi connectivity index (χ3v) is 5.38. The summed E-state index contributed by atoms with van der Waals surface area (Å²) in [5, 5.41) is 3.24. The van der Waals surface area contributed by atoms with E-state index in [1.165, 1.54) is 5.56 Å². The smallest absolute Gasteiger partial charge is 0.251 e. The normalized spacial score (nSPS) is 16.4. The highest BCUT2D eigenvalue weighted by Gasteiger charge is 2.24. The number of rotatable bonds is 6. The average Bonchev–Trinajstić information content (AvgIpc) is 2.79. The van der Waals surface area contributed by atoms with Gasteiger partial charge in [0.15, 0.2) is 0 Å². The summed E-state index contributed by atoms with van der Waals surface area (Å²) in [6.07, 6.45) is 7.27. The van der Waals surface area contributed by atoms with Gasteiger partial charge in [-0.15, -0.1) is 0 Å². The van der Waals surface area contributed by atoms with Crippen LogP contribution in [0.4, 0.5) is 5.95 Å². The molecule has 29 heavy (non-hydrogen) atoms. The monoisotopic (exact) mass is 386 g/mol. The zero-order valence-electron chi connectivity index (χ0n) is 16.5. The molecule has 148 valence electrons. The quantitative estimate of drug-likeness (QED) is 0.702. The second-order valence-corrected chi connectivity index (χ2v) is 7.45. The zero-order valence-corrected chi connectivity index (χ0v) is 16.5. The summed E-state index contributed by atoms with van der Waals surface area (Å²) >= 11 is 0. The molecule has 1 saturated heterocycles. The fraction of sp³-hybridized carbons (Fsp3) is 0.292. The molecule has 0 radical (unpaired) electrons. The van der Waals surface area contributed by atoms with Gasteiger partial charge in [0.05, 0.1) is 0 Å². The van der Waals surface area contributed by atoms with Crippen LogP contribution in [0, 0.1) is 0 Å². The van der Waals surface area contributed by atoms with Gasteiger partial charge >= 0.3 is 0 Å². The lowest BCUT2D eigenvalue weighted by molar-refractivity contribution is 0.0932. The predicted octanol–water partition coefficient (Wildman–Crippen LogP) is 3.66. The van der Waals surface area contributed by atoms with E-state index in [0.29, 0.717) is 0 Å². The minimum absolute atomic E-state index is 0.00879. The topological polar surface area (TPSA) is 58.1 Å². The maximum absolute atomic E-state index is 13.0. The summed E-state index contributed by atoms with van der Waals surface area (Å²) in [6.45, 7) is 1.66. The molecule has 2 heterocycles. The van der Waals surface area contributed by atoms with Crippen molar-refractivity contribution in [3.63, 3.8) is 0 Å². The van der Waals surface area contributed by atoms with E-state index in [1.54, 1.807) is 12.4 Å². The van der Waals surface area contributed by atoms with Crippen molar-refractivity contribution >= 4 is 11.9 Å². The molecule has 1 aliphatic heterocycles. The van der Waals surface area contributed by atoms with Gasteiger partial charge in [0.25, 0.3) is 5.91 Å². The molecule has 1 N–H and O–H groups in total. The number of carbonyl (C=O) groups is 1. The van der Waals surface area contributed by atoms with Gasteiger partial charge in [0, 0.05) is 37.1 Å². The Bertz CT molecular complexity index is 930. The maximum Gasteiger partial charge on any atom is 0.251 e. The van der Waals surface area contributed by atoms with Crippen LogP contribution >= 0.6 is 0 Å². The number of piperidine rings is 1. The molecule has 0 aliphatic carbocycles. The Labute approximate surface area is 171 Å². The van der Waals surface area contributed by atoms with Gasteiger partial charge in [-0.05, 0) is 48.9 Å². The van der Waals surface area contributed by atoms with E-state index >= 15 is 0 Å². The maximum atomic E-state index is 13.0. The van der Waals surface area contributed by atoms with Crippen LogP contribution < -0.4 is 10.2 Å². The van der Waals surface area contributed by atoms with Crippen molar-refractivity contribution in [1.29, 1.82) is 0 Å². The van der Waals surface area contributed by atoms with Crippen LogP contribution in [0.2, 0.25) is 0 Å². The van der Waals surface area contributed by atoms with Crippen molar-refractivity contribution < 1.29 is 4.79 Å². The molecule has 5 nitrogen and oxygen atoms in total. The molecule has 1 unspecified atom stereocenters. The van der Waals surface area contributed by atoms with Crippen LogP contribution in [0.25, 0.3) is 0 Å². The fourth-order valence-electron chi connectivity index (χ4n) is 3.88. The van der Waals surface area contributed by atoms with E-state index in [4.69, 9.17) is 0 Å². The molecule has 0 spiro atoms. The molecule has 1 amide bonds. The summed E-state index contributed by atoms with van der Waals surface area (Å²) in [6, 6.07) is 20.2. The predicted molar refractivity (Wildman–Crippen MR) is 115 cm³/mol. The van der Waals surface area contributed by atoms with E-state index in [9.17, 15) is 4.79 Å². The highest BCUT2D eigenvalue weighted by atomic mass is 16.1. The number of anilines is 1. The largest absolute Gasteiger partial charge is 0.348 e. The van der Waals surface area contributed by atoms with Crippen LogP contribution in [-0.4, -0.2) is 35.0 Å². The molecule has 1 fully saturated rings. The number of nitrogens with zero attached hydrogens (tertiary/aromatic N) is 3. The summed E-state index contributed by atoms with van der Waals surface area (Å²) in [4.78, 5) is 23.9. The fourth-order valence-corrected chi connectivity index (χ4v) is 3.88. The number of hydrogen-bond acceptors (Lipinski definition) is 4. The van der Waals surface area contributed by atoms with Crippen LogP contribution in [-0.2, 0) is 12.8 Å².